The van der Waals surface area contributed by atoms with E-state index in [0.29, 0.717) is 16.7 Å². The van der Waals surface area contributed by atoms with Gasteiger partial charge in [0.2, 0.25) is 0 Å². The molecule has 0 fully saturated rings. The zero-order valence-electron chi connectivity index (χ0n) is 6.86. The number of hydrogen-bond donors (Lipinski definition) is 0. The minimum atomic E-state index is -0.0319. The SMILES string of the molecule is Br.Br.Cc1nccnc1C(=O)CBr. The van der Waals surface area contributed by atoms with E-state index in [9.17, 15) is 4.79 Å². The molecule has 0 N–H and O–H groups in total. The monoisotopic (exact) mass is 374 g/mol. The van der Waals surface area contributed by atoms with Crippen molar-refractivity contribution in [3.63, 3.8) is 0 Å². The number of ketones is 1. The van der Waals surface area contributed by atoms with Gasteiger partial charge in [-0.1, -0.05) is 15.9 Å². The van der Waals surface area contributed by atoms with Crippen LogP contribution in [0, 0.1) is 6.92 Å². The summed E-state index contributed by atoms with van der Waals surface area (Å²) in [5.74, 6) is -0.0319. The average molecular weight is 377 g/mol. The predicted molar refractivity (Wildman–Crippen MR) is 65.5 cm³/mol. The lowest BCUT2D eigenvalue weighted by Gasteiger charge is -1.97. The van der Waals surface area contributed by atoms with Gasteiger partial charge in [-0.15, -0.1) is 34.0 Å². The Kier molecular flexibility index (Phi) is 9.13. The molecular formula is C7H9Br3N2O. The molecule has 0 aromatic carbocycles. The largest absolute Gasteiger partial charge is 0.291 e. The van der Waals surface area contributed by atoms with Gasteiger partial charge in [-0.25, -0.2) is 4.98 Å². The molecule has 1 aromatic heterocycles. The van der Waals surface area contributed by atoms with Crippen LogP contribution in [0.3, 0.4) is 0 Å². The maximum Gasteiger partial charge on any atom is 0.193 e. The number of aromatic nitrogens is 2. The first kappa shape index (κ1) is 15.7. The number of hydrogen-bond acceptors (Lipinski definition) is 3. The molecule has 74 valence electrons. The molecule has 1 rings (SSSR count). The first-order valence-electron chi connectivity index (χ1n) is 3.12. The van der Waals surface area contributed by atoms with Crippen LogP contribution in [0.2, 0.25) is 0 Å². The van der Waals surface area contributed by atoms with E-state index in [1.807, 2.05) is 0 Å². The summed E-state index contributed by atoms with van der Waals surface area (Å²) in [6, 6.07) is 0. The first-order chi connectivity index (χ1) is 5.25. The van der Waals surface area contributed by atoms with Gasteiger partial charge in [-0.2, -0.15) is 0 Å². The summed E-state index contributed by atoms with van der Waals surface area (Å²) < 4.78 is 0. The third-order valence-corrected chi connectivity index (χ3v) is 1.78. The fraction of sp³-hybridized carbons (Fsp3) is 0.286. The Balaban J connectivity index is 0. The highest BCUT2D eigenvalue weighted by Gasteiger charge is 2.07. The van der Waals surface area contributed by atoms with E-state index in [1.165, 1.54) is 6.20 Å². The molecule has 0 unspecified atom stereocenters. The Morgan fingerprint density at radius 3 is 2.38 bits per heavy atom. The maximum atomic E-state index is 11.1. The van der Waals surface area contributed by atoms with Crippen LogP contribution in [0.5, 0.6) is 0 Å². The Hall–Kier alpha value is 0.190. The van der Waals surface area contributed by atoms with Crippen molar-refractivity contribution < 1.29 is 4.79 Å². The van der Waals surface area contributed by atoms with Crippen LogP contribution in [-0.2, 0) is 0 Å². The van der Waals surface area contributed by atoms with Crippen LogP contribution in [0.25, 0.3) is 0 Å². The molecule has 0 spiro atoms. The zero-order valence-corrected chi connectivity index (χ0v) is 11.9. The predicted octanol–water partition coefficient (Wildman–Crippen LogP) is 2.52. The van der Waals surface area contributed by atoms with Gasteiger partial charge in [0, 0.05) is 12.4 Å². The Bertz CT molecular complexity index is 280. The van der Waals surface area contributed by atoms with Crippen LogP contribution < -0.4 is 0 Å². The van der Waals surface area contributed by atoms with Gasteiger partial charge in [-0.05, 0) is 6.92 Å². The summed E-state index contributed by atoms with van der Waals surface area (Å²) in [7, 11) is 0. The molecule has 0 bridgehead atoms. The van der Waals surface area contributed by atoms with Crippen LogP contribution in [0.4, 0.5) is 0 Å². The van der Waals surface area contributed by atoms with Gasteiger partial charge < -0.3 is 0 Å². The van der Waals surface area contributed by atoms with Crippen LogP contribution in [0.15, 0.2) is 12.4 Å². The smallest absolute Gasteiger partial charge is 0.193 e. The van der Waals surface area contributed by atoms with Crippen molar-refractivity contribution in [2.24, 2.45) is 0 Å². The van der Waals surface area contributed by atoms with Crippen molar-refractivity contribution >= 4 is 55.7 Å². The van der Waals surface area contributed by atoms with E-state index in [0.717, 1.165) is 0 Å². The lowest BCUT2D eigenvalue weighted by atomic mass is 10.2. The van der Waals surface area contributed by atoms with E-state index in [4.69, 9.17) is 0 Å². The molecule has 0 aliphatic rings. The number of alkyl halides is 1. The van der Waals surface area contributed by atoms with Crippen LogP contribution in [0.1, 0.15) is 16.2 Å². The van der Waals surface area contributed by atoms with Gasteiger partial charge in [0.15, 0.2) is 5.78 Å². The summed E-state index contributed by atoms with van der Waals surface area (Å²) >= 11 is 3.07. The molecule has 0 radical (unpaired) electrons. The minimum Gasteiger partial charge on any atom is -0.291 e. The van der Waals surface area contributed by atoms with Gasteiger partial charge >= 0.3 is 0 Å². The second-order valence-corrected chi connectivity index (χ2v) is 2.61. The summed E-state index contributed by atoms with van der Waals surface area (Å²) in [6.07, 6.45) is 3.09. The fourth-order valence-electron chi connectivity index (χ4n) is 0.745. The second-order valence-electron chi connectivity index (χ2n) is 2.05. The lowest BCUT2D eigenvalue weighted by Crippen LogP contribution is -2.06. The molecule has 0 saturated heterocycles. The number of halogens is 3. The van der Waals surface area contributed by atoms with Gasteiger partial charge in [0.25, 0.3) is 0 Å². The van der Waals surface area contributed by atoms with E-state index in [-0.39, 0.29) is 39.7 Å². The van der Waals surface area contributed by atoms with Crippen LogP contribution in [-0.4, -0.2) is 21.1 Å². The Morgan fingerprint density at radius 2 is 1.92 bits per heavy atom. The minimum absolute atomic E-state index is 0. The van der Waals surface area contributed by atoms with Crippen molar-refractivity contribution in [1.29, 1.82) is 0 Å². The number of carbonyl (C=O) groups excluding carboxylic acids is 1. The Labute approximate surface area is 106 Å². The molecule has 0 aliphatic heterocycles. The number of nitrogens with zero attached hydrogens (tertiary/aromatic N) is 2. The van der Waals surface area contributed by atoms with Crippen LogP contribution >= 0.6 is 49.9 Å². The van der Waals surface area contributed by atoms with E-state index in [1.54, 1.807) is 13.1 Å². The zero-order chi connectivity index (χ0) is 8.27. The molecule has 1 aromatic rings. The third kappa shape index (κ3) is 4.28. The van der Waals surface area contributed by atoms with Crippen molar-refractivity contribution in [2.45, 2.75) is 6.92 Å². The number of carbonyl (C=O) groups is 1. The standard InChI is InChI=1S/C7H7BrN2O.2BrH/c1-5-7(6(11)4-8)10-3-2-9-5;;/h2-3H,4H2,1H3;2*1H. The van der Waals surface area contributed by atoms with Gasteiger partial charge in [-0.3, -0.25) is 9.78 Å². The van der Waals surface area contributed by atoms with Gasteiger partial charge in [0.1, 0.15) is 5.69 Å². The average Bonchev–Trinajstić information content (AvgIpc) is 2.04. The summed E-state index contributed by atoms with van der Waals surface area (Å²) in [5, 5.41) is 0.298. The molecule has 3 nitrogen and oxygen atoms in total. The van der Waals surface area contributed by atoms with E-state index < -0.39 is 0 Å². The first-order valence-corrected chi connectivity index (χ1v) is 4.24. The maximum absolute atomic E-state index is 11.1. The number of aryl methyl sites for hydroxylation is 1. The number of rotatable bonds is 2. The highest BCUT2D eigenvalue weighted by molar-refractivity contribution is 9.09. The molecule has 1 heterocycles. The third-order valence-electron chi connectivity index (χ3n) is 1.27. The quantitative estimate of drug-likeness (QED) is 0.588. The molecular weight excluding hydrogens is 368 g/mol. The van der Waals surface area contributed by atoms with Crippen molar-refractivity contribution in [1.82, 2.24) is 9.97 Å². The molecule has 0 saturated carbocycles. The number of Topliss-reactive ketones (excluding diaryl/α,β-unsaturated/α-hetero) is 1. The molecule has 13 heavy (non-hydrogen) atoms. The summed E-state index contributed by atoms with van der Waals surface area (Å²) in [5.41, 5.74) is 1.13. The summed E-state index contributed by atoms with van der Waals surface area (Å²) in [4.78, 5) is 18.9. The fourth-order valence-corrected chi connectivity index (χ4v) is 1.01. The topological polar surface area (TPSA) is 42.9 Å². The van der Waals surface area contributed by atoms with E-state index in [2.05, 4.69) is 25.9 Å². The van der Waals surface area contributed by atoms with Crippen molar-refractivity contribution in [3.8, 4) is 0 Å². The summed E-state index contributed by atoms with van der Waals surface area (Å²) in [6.45, 7) is 1.77. The molecule has 0 amide bonds. The van der Waals surface area contributed by atoms with Crippen molar-refractivity contribution in [2.75, 3.05) is 5.33 Å². The normalized spacial score (nSPS) is 8.15. The molecule has 0 aliphatic carbocycles. The van der Waals surface area contributed by atoms with Crippen molar-refractivity contribution in [3.05, 3.63) is 23.8 Å². The van der Waals surface area contributed by atoms with Gasteiger partial charge in [0.05, 0.1) is 11.0 Å². The lowest BCUT2D eigenvalue weighted by molar-refractivity contribution is 0.101. The second kappa shape index (κ2) is 7.58. The highest BCUT2D eigenvalue weighted by Crippen LogP contribution is 2.01. The molecule has 0 atom stereocenters. The van der Waals surface area contributed by atoms with E-state index >= 15 is 0 Å². The molecule has 6 heteroatoms. The highest BCUT2D eigenvalue weighted by atomic mass is 79.9. The Morgan fingerprint density at radius 1 is 1.38 bits per heavy atom.